The van der Waals surface area contributed by atoms with Gasteiger partial charge in [-0.25, -0.2) is 14.8 Å². The van der Waals surface area contributed by atoms with E-state index in [4.69, 9.17) is 9.72 Å². The highest BCUT2D eigenvalue weighted by Gasteiger charge is 2.19. The fourth-order valence-electron chi connectivity index (χ4n) is 3.76. The molecule has 2 amide bonds. The number of aromatic nitrogens is 2. The maximum Gasteiger partial charge on any atom is 0.340 e. The molecule has 0 unspecified atom stereocenters. The van der Waals surface area contributed by atoms with Crippen molar-refractivity contribution in [2.24, 2.45) is 0 Å². The summed E-state index contributed by atoms with van der Waals surface area (Å²) >= 11 is 4.50. The number of hydrogen-bond acceptors (Lipinski definition) is 7. The van der Waals surface area contributed by atoms with Gasteiger partial charge in [-0.3, -0.25) is 14.9 Å². The molecule has 0 aliphatic rings. The Morgan fingerprint density at radius 3 is 2.39 bits per heavy atom. The summed E-state index contributed by atoms with van der Waals surface area (Å²) in [6, 6.07) is 25.1. The molecule has 0 spiro atoms. The van der Waals surface area contributed by atoms with Gasteiger partial charge in [0.15, 0.2) is 11.7 Å². The fraction of sp³-hybridized carbons (Fsp3) is 0.0357. The maximum absolute atomic E-state index is 13.5. The molecule has 5 rings (SSSR count). The number of anilines is 2. The molecule has 3 aromatic carbocycles. The van der Waals surface area contributed by atoms with Gasteiger partial charge in [0.1, 0.15) is 0 Å². The van der Waals surface area contributed by atoms with Crippen LogP contribution in [-0.4, -0.2) is 34.4 Å². The summed E-state index contributed by atoms with van der Waals surface area (Å²) in [6.45, 7) is -0.506. The minimum absolute atomic E-state index is 0.118. The second-order valence-corrected chi connectivity index (χ2v) is 10.4. The quantitative estimate of drug-likeness (QED) is 0.221. The zero-order valence-corrected chi connectivity index (χ0v) is 22.1. The summed E-state index contributed by atoms with van der Waals surface area (Å²) in [5, 5.41) is 6.44. The van der Waals surface area contributed by atoms with E-state index in [0.29, 0.717) is 27.3 Å². The smallest absolute Gasteiger partial charge is 0.340 e. The highest BCUT2D eigenvalue weighted by Crippen LogP contribution is 2.27. The lowest BCUT2D eigenvalue weighted by Gasteiger charge is -2.13. The molecule has 5 aromatic rings. The molecule has 0 aliphatic heterocycles. The average Bonchev–Trinajstić information content (AvgIpc) is 3.35. The first-order chi connectivity index (χ1) is 18.5. The van der Waals surface area contributed by atoms with Crippen LogP contribution >= 0.6 is 27.3 Å². The molecule has 8 nitrogen and oxygen atoms in total. The summed E-state index contributed by atoms with van der Waals surface area (Å²) in [5.74, 6) is -1.69. The minimum atomic E-state index is -0.749. The number of nitrogens with zero attached hydrogens (tertiary/aromatic N) is 2. The molecule has 2 N–H and O–H groups in total. The molecule has 0 atom stereocenters. The van der Waals surface area contributed by atoms with Crippen LogP contribution in [0.15, 0.2) is 94.9 Å². The first kappa shape index (κ1) is 25.2. The Morgan fingerprint density at radius 1 is 0.868 bits per heavy atom. The van der Waals surface area contributed by atoms with Crippen molar-refractivity contribution in [1.82, 2.24) is 9.97 Å². The number of nitrogens with one attached hydrogen (secondary N) is 2. The van der Waals surface area contributed by atoms with Crippen molar-refractivity contribution < 1.29 is 19.1 Å². The number of ether oxygens (including phenoxy) is 1. The second kappa shape index (κ2) is 11.3. The predicted octanol–water partition coefficient (Wildman–Crippen LogP) is 6.17. The molecule has 2 heterocycles. The van der Waals surface area contributed by atoms with Crippen LogP contribution in [0.25, 0.3) is 22.2 Å². The number of carbonyl (C=O) groups excluding carboxylic acids is 3. The fourth-order valence-corrected chi connectivity index (χ4v) is 4.88. The lowest BCUT2D eigenvalue weighted by molar-refractivity contribution is -0.119. The van der Waals surface area contributed by atoms with Gasteiger partial charge in [0.25, 0.3) is 11.8 Å². The van der Waals surface area contributed by atoms with Gasteiger partial charge in [-0.05, 0) is 40.2 Å². The predicted molar refractivity (Wildman–Crippen MR) is 150 cm³/mol. The van der Waals surface area contributed by atoms with Crippen molar-refractivity contribution in [2.75, 3.05) is 17.2 Å². The van der Waals surface area contributed by atoms with Crippen LogP contribution in [0.2, 0.25) is 0 Å². The van der Waals surface area contributed by atoms with E-state index in [9.17, 15) is 14.4 Å². The monoisotopic (exact) mass is 586 g/mol. The van der Waals surface area contributed by atoms with Gasteiger partial charge < -0.3 is 10.1 Å². The topological polar surface area (TPSA) is 110 Å². The highest BCUT2D eigenvalue weighted by atomic mass is 79.9. The normalized spacial score (nSPS) is 10.7. The second-order valence-electron chi connectivity index (χ2n) is 8.03. The van der Waals surface area contributed by atoms with Crippen LogP contribution in [0.5, 0.6) is 0 Å². The zero-order chi connectivity index (χ0) is 26.5. The Bertz CT molecular complexity index is 1660. The van der Waals surface area contributed by atoms with Crippen LogP contribution in [0, 0.1) is 0 Å². The van der Waals surface area contributed by atoms with E-state index >= 15 is 0 Å². The number of pyridine rings is 1. The van der Waals surface area contributed by atoms with Gasteiger partial charge in [-0.1, -0.05) is 72.0 Å². The van der Waals surface area contributed by atoms with Crippen LogP contribution in [0.1, 0.15) is 20.7 Å². The zero-order valence-electron chi connectivity index (χ0n) is 19.7. The number of rotatable bonds is 7. The van der Waals surface area contributed by atoms with Crippen molar-refractivity contribution in [1.29, 1.82) is 0 Å². The van der Waals surface area contributed by atoms with E-state index in [1.165, 1.54) is 17.4 Å². The summed E-state index contributed by atoms with van der Waals surface area (Å²) in [7, 11) is 0. The SMILES string of the molecule is O=C(COC(=O)c1ccccc1NC(=O)c1cc(-c2ccccc2)nc2ccccc12)Nc1ncc(Br)s1. The number of fused-ring (bicyclic) bond motifs is 1. The van der Waals surface area contributed by atoms with Gasteiger partial charge in [0, 0.05) is 10.9 Å². The highest BCUT2D eigenvalue weighted by molar-refractivity contribution is 9.11. The number of amides is 2. The Balaban J connectivity index is 1.36. The van der Waals surface area contributed by atoms with E-state index in [2.05, 4.69) is 31.5 Å². The number of carbonyl (C=O) groups is 3. The molecule has 0 fully saturated rings. The molecule has 2 aromatic heterocycles. The summed E-state index contributed by atoms with van der Waals surface area (Å²) in [4.78, 5) is 47.2. The Kier molecular flexibility index (Phi) is 7.52. The number of halogens is 1. The van der Waals surface area contributed by atoms with Crippen molar-refractivity contribution in [3.8, 4) is 11.3 Å². The van der Waals surface area contributed by atoms with E-state index in [1.807, 2.05) is 54.6 Å². The Hall–Kier alpha value is -4.41. The standard InChI is InChI=1S/C28H19BrN4O4S/c29-24-15-30-28(38-24)33-25(34)16-37-27(36)19-11-5-7-13-22(19)32-26(35)20-14-23(17-8-2-1-3-9-17)31-21-12-6-4-10-18(20)21/h1-15H,16H2,(H,32,35)(H,30,33,34). The molecule has 0 bridgehead atoms. The molecule has 38 heavy (non-hydrogen) atoms. The lowest BCUT2D eigenvalue weighted by atomic mass is 10.0. The van der Waals surface area contributed by atoms with Crippen LogP contribution in [-0.2, 0) is 9.53 Å². The third-order valence-electron chi connectivity index (χ3n) is 5.48. The first-order valence-electron chi connectivity index (χ1n) is 11.4. The molecule has 188 valence electrons. The molecule has 0 radical (unpaired) electrons. The Morgan fingerprint density at radius 2 is 1.61 bits per heavy atom. The van der Waals surface area contributed by atoms with E-state index in [0.717, 1.165) is 9.35 Å². The molecule has 0 saturated heterocycles. The van der Waals surface area contributed by atoms with E-state index < -0.39 is 24.4 Å². The number of benzene rings is 3. The maximum atomic E-state index is 13.5. The van der Waals surface area contributed by atoms with Crippen molar-refractivity contribution in [2.45, 2.75) is 0 Å². The molecule has 0 aliphatic carbocycles. The van der Waals surface area contributed by atoms with E-state index in [1.54, 1.807) is 30.5 Å². The molecular formula is C28H19BrN4O4S. The average molecular weight is 587 g/mol. The first-order valence-corrected chi connectivity index (χ1v) is 13.0. The summed E-state index contributed by atoms with van der Waals surface area (Å²) < 4.78 is 5.95. The van der Waals surface area contributed by atoms with Gasteiger partial charge >= 0.3 is 5.97 Å². The van der Waals surface area contributed by atoms with Gasteiger partial charge in [-0.15, -0.1) is 0 Å². The van der Waals surface area contributed by atoms with Crippen LogP contribution < -0.4 is 10.6 Å². The van der Waals surface area contributed by atoms with Crippen LogP contribution in [0.4, 0.5) is 10.8 Å². The molecule has 0 saturated carbocycles. The molecule has 10 heteroatoms. The molecular weight excluding hydrogens is 568 g/mol. The summed E-state index contributed by atoms with van der Waals surface area (Å²) in [5.41, 5.74) is 2.98. The third-order valence-corrected chi connectivity index (χ3v) is 6.88. The van der Waals surface area contributed by atoms with Crippen LogP contribution in [0.3, 0.4) is 0 Å². The summed E-state index contributed by atoms with van der Waals surface area (Å²) in [6.07, 6.45) is 1.56. The number of hydrogen-bond donors (Lipinski definition) is 2. The van der Waals surface area contributed by atoms with Gasteiger partial charge in [0.05, 0.1) is 38.0 Å². The Labute approximate surface area is 229 Å². The van der Waals surface area contributed by atoms with Crippen molar-refractivity contribution >= 4 is 66.8 Å². The van der Waals surface area contributed by atoms with Gasteiger partial charge in [-0.2, -0.15) is 0 Å². The van der Waals surface area contributed by atoms with Gasteiger partial charge in [0.2, 0.25) is 0 Å². The van der Waals surface area contributed by atoms with Crippen molar-refractivity contribution in [3.63, 3.8) is 0 Å². The van der Waals surface area contributed by atoms with Crippen molar-refractivity contribution in [3.05, 3.63) is 106 Å². The largest absolute Gasteiger partial charge is 0.452 e. The number of esters is 1. The number of thiazole rings is 1. The van der Waals surface area contributed by atoms with E-state index in [-0.39, 0.29) is 11.3 Å². The minimum Gasteiger partial charge on any atom is -0.452 e. The number of para-hydroxylation sites is 2. The lowest BCUT2D eigenvalue weighted by Crippen LogP contribution is -2.22. The third kappa shape index (κ3) is 5.77.